The number of nitrogen functional groups attached to an aromatic ring is 1. The van der Waals surface area contributed by atoms with E-state index in [0.29, 0.717) is 0 Å². The summed E-state index contributed by atoms with van der Waals surface area (Å²) >= 11 is 0. The number of rotatable bonds is 2. The predicted octanol–water partition coefficient (Wildman–Crippen LogP) is 2.98. The molecule has 76 valence electrons. The van der Waals surface area contributed by atoms with Crippen molar-refractivity contribution < 1.29 is 0 Å². The maximum Gasteiger partial charge on any atom is 0.0417 e. The zero-order chi connectivity index (χ0) is 10.7. The lowest BCUT2D eigenvalue weighted by Crippen LogP contribution is -1.91. The second-order valence-corrected chi connectivity index (χ2v) is 3.42. The van der Waals surface area contributed by atoms with Gasteiger partial charge >= 0.3 is 0 Å². The fourth-order valence-electron chi connectivity index (χ4n) is 1.62. The normalized spacial score (nSPS) is 9.93. The summed E-state index contributed by atoms with van der Waals surface area (Å²) in [5.74, 6) is 0. The van der Waals surface area contributed by atoms with E-state index in [9.17, 15) is 0 Å². The maximum atomic E-state index is 5.66. The van der Waals surface area contributed by atoms with Crippen molar-refractivity contribution in [3.05, 3.63) is 48.5 Å². The summed E-state index contributed by atoms with van der Waals surface area (Å²) in [5.41, 5.74) is 9.95. The minimum Gasteiger partial charge on any atom is -0.399 e. The molecule has 0 spiro atoms. The van der Waals surface area contributed by atoms with Crippen LogP contribution in [0.25, 0.3) is 11.1 Å². The molecule has 2 aromatic carbocycles. The molecule has 2 rings (SSSR count). The minimum atomic E-state index is 0.792. The van der Waals surface area contributed by atoms with Crippen molar-refractivity contribution in [1.82, 2.24) is 0 Å². The van der Waals surface area contributed by atoms with Crippen LogP contribution in [0.2, 0.25) is 0 Å². The molecule has 0 saturated heterocycles. The van der Waals surface area contributed by atoms with E-state index < -0.39 is 0 Å². The molecule has 2 nitrogen and oxygen atoms in total. The van der Waals surface area contributed by atoms with E-state index in [2.05, 4.69) is 17.4 Å². The average Bonchev–Trinajstić information content (AvgIpc) is 2.30. The Hall–Kier alpha value is -1.96. The van der Waals surface area contributed by atoms with E-state index >= 15 is 0 Å². The summed E-state index contributed by atoms with van der Waals surface area (Å²) in [7, 11) is 1.93. The number of hydrogen-bond acceptors (Lipinski definition) is 2. The molecular weight excluding hydrogens is 184 g/mol. The Morgan fingerprint density at radius 2 is 1.60 bits per heavy atom. The number of nitrogens with one attached hydrogen (secondary N) is 1. The highest BCUT2D eigenvalue weighted by molar-refractivity contribution is 5.78. The lowest BCUT2D eigenvalue weighted by molar-refractivity contribution is 1.50. The van der Waals surface area contributed by atoms with Gasteiger partial charge in [-0.25, -0.2) is 0 Å². The summed E-state index contributed by atoms with van der Waals surface area (Å²) in [6, 6.07) is 16.1. The third-order valence-corrected chi connectivity index (χ3v) is 2.42. The molecule has 0 radical (unpaired) electrons. The highest BCUT2D eigenvalue weighted by Gasteiger charge is 2.01. The molecule has 3 N–H and O–H groups in total. The van der Waals surface area contributed by atoms with Gasteiger partial charge in [-0.3, -0.25) is 0 Å². The zero-order valence-electron chi connectivity index (χ0n) is 8.70. The van der Waals surface area contributed by atoms with Gasteiger partial charge in [0.15, 0.2) is 0 Å². The maximum absolute atomic E-state index is 5.66. The molecule has 0 fully saturated rings. The van der Waals surface area contributed by atoms with Crippen LogP contribution < -0.4 is 11.1 Å². The van der Waals surface area contributed by atoms with E-state index in [-0.39, 0.29) is 0 Å². The van der Waals surface area contributed by atoms with Crippen LogP contribution in [0.4, 0.5) is 11.4 Å². The van der Waals surface area contributed by atoms with Gasteiger partial charge in [-0.05, 0) is 23.8 Å². The zero-order valence-corrected chi connectivity index (χ0v) is 8.70. The van der Waals surface area contributed by atoms with E-state index in [1.165, 1.54) is 11.1 Å². The molecule has 0 aliphatic carbocycles. The van der Waals surface area contributed by atoms with Crippen molar-refractivity contribution in [3.8, 4) is 11.1 Å². The average molecular weight is 198 g/mol. The summed E-state index contributed by atoms with van der Waals surface area (Å²) < 4.78 is 0. The minimum absolute atomic E-state index is 0.792. The Labute approximate surface area is 89.7 Å². The van der Waals surface area contributed by atoms with Gasteiger partial charge in [-0.2, -0.15) is 0 Å². The molecule has 0 bridgehead atoms. The fourth-order valence-corrected chi connectivity index (χ4v) is 1.62. The van der Waals surface area contributed by atoms with Crippen LogP contribution in [0.15, 0.2) is 48.5 Å². The first-order valence-electron chi connectivity index (χ1n) is 4.94. The van der Waals surface area contributed by atoms with E-state index in [4.69, 9.17) is 5.73 Å². The van der Waals surface area contributed by atoms with Crippen LogP contribution >= 0.6 is 0 Å². The Morgan fingerprint density at radius 3 is 2.27 bits per heavy atom. The van der Waals surface area contributed by atoms with Gasteiger partial charge in [0.25, 0.3) is 0 Å². The largest absolute Gasteiger partial charge is 0.399 e. The van der Waals surface area contributed by atoms with Gasteiger partial charge in [-0.15, -0.1) is 0 Å². The molecule has 0 aliphatic rings. The van der Waals surface area contributed by atoms with Crippen molar-refractivity contribution in [2.75, 3.05) is 18.1 Å². The summed E-state index contributed by atoms with van der Waals surface area (Å²) in [5, 5.41) is 3.18. The third kappa shape index (κ3) is 1.94. The molecule has 2 heteroatoms. The molecule has 0 saturated carbocycles. The van der Waals surface area contributed by atoms with Crippen LogP contribution in [-0.4, -0.2) is 7.05 Å². The van der Waals surface area contributed by atoms with Crippen LogP contribution in [0, 0.1) is 0 Å². The first-order chi connectivity index (χ1) is 7.31. The van der Waals surface area contributed by atoms with Gasteiger partial charge in [0.2, 0.25) is 0 Å². The molecule has 0 unspecified atom stereocenters. The van der Waals surface area contributed by atoms with Crippen molar-refractivity contribution in [1.29, 1.82) is 0 Å². The van der Waals surface area contributed by atoms with Crippen LogP contribution in [-0.2, 0) is 0 Å². The number of benzene rings is 2. The Balaban J connectivity index is 2.49. The smallest absolute Gasteiger partial charge is 0.0417 e. The van der Waals surface area contributed by atoms with E-state index in [1.807, 2.05) is 43.4 Å². The molecule has 2 aromatic rings. The number of nitrogens with two attached hydrogens (primary N) is 1. The third-order valence-electron chi connectivity index (χ3n) is 2.42. The molecule has 0 aromatic heterocycles. The summed E-state index contributed by atoms with van der Waals surface area (Å²) in [6.07, 6.45) is 0. The Bertz CT molecular complexity index is 446. The van der Waals surface area contributed by atoms with E-state index in [0.717, 1.165) is 11.4 Å². The lowest BCUT2D eigenvalue weighted by Gasteiger charge is -2.08. The van der Waals surface area contributed by atoms with Crippen molar-refractivity contribution in [2.24, 2.45) is 0 Å². The van der Waals surface area contributed by atoms with Crippen LogP contribution in [0.1, 0.15) is 0 Å². The first kappa shape index (κ1) is 9.59. The molecular formula is C13H14N2. The monoisotopic (exact) mass is 198 g/mol. The predicted molar refractivity (Wildman–Crippen MR) is 65.8 cm³/mol. The number of anilines is 2. The van der Waals surface area contributed by atoms with Crippen molar-refractivity contribution in [2.45, 2.75) is 0 Å². The lowest BCUT2D eigenvalue weighted by atomic mass is 10.0. The number of para-hydroxylation sites is 1. The topological polar surface area (TPSA) is 38.0 Å². The highest BCUT2D eigenvalue weighted by atomic mass is 14.8. The molecule has 0 aliphatic heterocycles. The standard InChI is InChI=1S/C13H14N2/c1-15-13-5-3-2-4-12(13)10-6-8-11(14)9-7-10/h2-9,15H,14H2,1H3. The first-order valence-corrected chi connectivity index (χ1v) is 4.94. The number of hydrogen-bond donors (Lipinski definition) is 2. The SMILES string of the molecule is CNc1ccccc1-c1ccc(N)cc1. The van der Waals surface area contributed by atoms with Crippen LogP contribution in [0.5, 0.6) is 0 Å². The van der Waals surface area contributed by atoms with Gasteiger partial charge < -0.3 is 11.1 Å². The van der Waals surface area contributed by atoms with Gasteiger partial charge in [0.1, 0.15) is 0 Å². The van der Waals surface area contributed by atoms with Gasteiger partial charge in [-0.1, -0.05) is 30.3 Å². The molecule has 0 atom stereocenters. The second-order valence-electron chi connectivity index (χ2n) is 3.42. The van der Waals surface area contributed by atoms with Crippen molar-refractivity contribution >= 4 is 11.4 Å². The molecule has 15 heavy (non-hydrogen) atoms. The Kier molecular flexibility index (Phi) is 2.59. The fraction of sp³-hybridized carbons (Fsp3) is 0.0769. The molecule has 0 amide bonds. The van der Waals surface area contributed by atoms with E-state index in [1.54, 1.807) is 0 Å². The van der Waals surface area contributed by atoms with Gasteiger partial charge in [0, 0.05) is 24.0 Å². The van der Waals surface area contributed by atoms with Gasteiger partial charge in [0.05, 0.1) is 0 Å². The quantitative estimate of drug-likeness (QED) is 0.728. The Morgan fingerprint density at radius 1 is 0.933 bits per heavy atom. The summed E-state index contributed by atoms with van der Waals surface area (Å²) in [4.78, 5) is 0. The van der Waals surface area contributed by atoms with Crippen molar-refractivity contribution in [3.63, 3.8) is 0 Å². The summed E-state index contributed by atoms with van der Waals surface area (Å²) in [6.45, 7) is 0. The highest BCUT2D eigenvalue weighted by Crippen LogP contribution is 2.27. The second kappa shape index (κ2) is 4.05. The van der Waals surface area contributed by atoms with Crippen LogP contribution in [0.3, 0.4) is 0 Å². The molecule has 0 heterocycles.